The summed E-state index contributed by atoms with van der Waals surface area (Å²) in [6, 6.07) is 7.95. The zero-order chi connectivity index (χ0) is 11.5. The second kappa shape index (κ2) is 4.40. The van der Waals surface area contributed by atoms with Crippen LogP contribution in [-0.4, -0.2) is 20.2 Å². The molecule has 1 unspecified atom stereocenters. The van der Waals surface area contributed by atoms with Crippen molar-refractivity contribution in [2.75, 3.05) is 0 Å². The number of nitrogens with zero attached hydrogens (tertiary/aromatic N) is 4. The Morgan fingerprint density at radius 3 is 2.94 bits per heavy atom. The highest BCUT2D eigenvalue weighted by atomic mass is 15.5. The van der Waals surface area contributed by atoms with E-state index in [1.165, 1.54) is 5.56 Å². The molecule has 0 saturated heterocycles. The molecule has 84 valence electrons. The van der Waals surface area contributed by atoms with Crippen molar-refractivity contribution in [3.8, 4) is 5.69 Å². The molecule has 0 aliphatic heterocycles. The first kappa shape index (κ1) is 10.8. The van der Waals surface area contributed by atoms with Gasteiger partial charge in [0.15, 0.2) is 5.82 Å². The summed E-state index contributed by atoms with van der Waals surface area (Å²) in [6.45, 7) is 3.98. The first-order valence-corrected chi connectivity index (χ1v) is 5.35. The Morgan fingerprint density at radius 1 is 1.44 bits per heavy atom. The third-order valence-electron chi connectivity index (χ3n) is 2.46. The highest BCUT2D eigenvalue weighted by Crippen LogP contribution is 2.14. The summed E-state index contributed by atoms with van der Waals surface area (Å²) in [5, 5.41) is 11.5. The molecule has 0 aliphatic rings. The van der Waals surface area contributed by atoms with Crippen LogP contribution in [0.25, 0.3) is 5.69 Å². The number of hydrogen-bond donors (Lipinski definition) is 1. The van der Waals surface area contributed by atoms with Crippen molar-refractivity contribution in [1.82, 2.24) is 20.2 Å². The number of rotatable bonds is 3. The quantitative estimate of drug-likeness (QED) is 0.839. The van der Waals surface area contributed by atoms with Crippen molar-refractivity contribution in [3.05, 3.63) is 35.7 Å². The van der Waals surface area contributed by atoms with Crippen molar-refractivity contribution >= 4 is 0 Å². The fourth-order valence-electron chi connectivity index (χ4n) is 1.57. The molecule has 2 aromatic rings. The van der Waals surface area contributed by atoms with Gasteiger partial charge < -0.3 is 5.73 Å². The standard InChI is InChI=1S/C11H15N5/c1-3-9-5-4-6-10(7-9)16-11(8(2)12)13-14-15-16/h4-8H,3,12H2,1-2H3. The molecular weight excluding hydrogens is 202 g/mol. The molecule has 1 aromatic carbocycles. The summed E-state index contributed by atoms with van der Waals surface area (Å²) in [7, 11) is 0. The summed E-state index contributed by atoms with van der Waals surface area (Å²) in [5.41, 5.74) is 8.01. The molecule has 0 bridgehead atoms. The summed E-state index contributed by atoms with van der Waals surface area (Å²) >= 11 is 0. The lowest BCUT2D eigenvalue weighted by atomic mass is 10.1. The van der Waals surface area contributed by atoms with Crippen LogP contribution in [0.4, 0.5) is 0 Å². The van der Waals surface area contributed by atoms with E-state index in [2.05, 4.69) is 34.6 Å². The summed E-state index contributed by atoms with van der Waals surface area (Å²) < 4.78 is 1.68. The van der Waals surface area contributed by atoms with E-state index in [0.29, 0.717) is 5.82 Å². The van der Waals surface area contributed by atoms with E-state index < -0.39 is 0 Å². The lowest BCUT2D eigenvalue weighted by Gasteiger charge is -2.07. The molecule has 1 atom stereocenters. The minimum absolute atomic E-state index is 0.180. The van der Waals surface area contributed by atoms with Crippen LogP contribution in [0.2, 0.25) is 0 Å². The molecule has 0 saturated carbocycles. The normalized spacial score (nSPS) is 12.7. The van der Waals surface area contributed by atoms with Gasteiger partial charge in [-0.15, -0.1) is 5.10 Å². The number of benzene rings is 1. The Labute approximate surface area is 94.3 Å². The average molecular weight is 217 g/mol. The van der Waals surface area contributed by atoms with Crippen LogP contribution in [0, 0.1) is 0 Å². The highest BCUT2D eigenvalue weighted by molar-refractivity contribution is 5.35. The van der Waals surface area contributed by atoms with Gasteiger partial charge >= 0.3 is 0 Å². The maximum atomic E-state index is 5.80. The number of tetrazole rings is 1. The maximum Gasteiger partial charge on any atom is 0.173 e. The van der Waals surface area contributed by atoms with Crippen LogP contribution < -0.4 is 5.73 Å². The van der Waals surface area contributed by atoms with Gasteiger partial charge in [-0.05, 0) is 41.5 Å². The maximum absolute atomic E-state index is 5.80. The van der Waals surface area contributed by atoms with Gasteiger partial charge in [0, 0.05) is 0 Å². The fourth-order valence-corrected chi connectivity index (χ4v) is 1.57. The second-order valence-electron chi connectivity index (χ2n) is 3.76. The van der Waals surface area contributed by atoms with Crippen molar-refractivity contribution in [2.24, 2.45) is 5.73 Å². The Bertz CT molecular complexity index is 475. The van der Waals surface area contributed by atoms with Gasteiger partial charge in [0.05, 0.1) is 11.7 Å². The van der Waals surface area contributed by atoms with Crippen LogP contribution in [0.5, 0.6) is 0 Å². The van der Waals surface area contributed by atoms with Crippen molar-refractivity contribution in [1.29, 1.82) is 0 Å². The Kier molecular flexibility index (Phi) is 2.96. The second-order valence-corrected chi connectivity index (χ2v) is 3.76. The molecule has 1 aromatic heterocycles. The highest BCUT2D eigenvalue weighted by Gasteiger charge is 2.11. The van der Waals surface area contributed by atoms with E-state index >= 15 is 0 Å². The molecule has 0 fully saturated rings. The summed E-state index contributed by atoms with van der Waals surface area (Å²) in [6.07, 6.45) is 0.990. The molecule has 5 nitrogen and oxygen atoms in total. The van der Waals surface area contributed by atoms with Crippen LogP contribution in [-0.2, 0) is 6.42 Å². The lowest BCUT2D eigenvalue weighted by molar-refractivity contribution is 0.688. The predicted octanol–water partition coefficient (Wildman–Crippen LogP) is 1.24. The Hall–Kier alpha value is -1.75. The van der Waals surface area contributed by atoms with Gasteiger partial charge in [-0.25, -0.2) is 0 Å². The van der Waals surface area contributed by atoms with Gasteiger partial charge in [0.2, 0.25) is 0 Å². The minimum Gasteiger partial charge on any atom is -0.321 e. The zero-order valence-electron chi connectivity index (χ0n) is 9.46. The predicted molar refractivity (Wildman–Crippen MR) is 61.1 cm³/mol. The summed E-state index contributed by atoms with van der Waals surface area (Å²) in [5.74, 6) is 0.674. The molecule has 0 spiro atoms. The van der Waals surface area contributed by atoms with Crippen LogP contribution in [0.1, 0.15) is 31.3 Å². The molecule has 16 heavy (non-hydrogen) atoms. The van der Waals surface area contributed by atoms with Gasteiger partial charge in [0.25, 0.3) is 0 Å². The zero-order valence-corrected chi connectivity index (χ0v) is 9.46. The van der Waals surface area contributed by atoms with E-state index in [1.807, 2.05) is 19.1 Å². The van der Waals surface area contributed by atoms with E-state index in [9.17, 15) is 0 Å². The largest absolute Gasteiger partial charge is 0.321 e. The van der Waals surface area contributed by atoms with E-state index in [-0.39, 0.29) is 6.04 Å². The topological polar surface area (TPSA) is 69.6 Å². The first-order valence-electron chi connectivity index (χ1n) is 5.35. The monoisotopic (exact) mass is 217 g/mol. The SMILES string of the molecule is CCc1cccc(-n2nnnc2C(C)N)c1. The molecule has 2 rings (SSSR count). The van der Waals surface area contributed by atoms with E-state index in [4.69, 9.17) is 5.73 Å². The van der Waals surface area contributed by atoms with Crippen molar-refractivity contribution in [2.45, 2.75) is 26.3 Å². The fraction of sp³-hybridized carbons (Fsp3) is 0.364. The molecule has 0 aliphatic carbocycles. The Balaban J connectivity index is 2.46. The molecule has 1 heterocycles. The molecule has 0 amide bonds. The number of hydrogen-bond acceptors (Lipinski definition) is 4. The van der Waals surface area contributed by atoms with Crippen molar-refractivity contribution < 1.29 is 0 Å². The summed E-state index contributed by atoms with van der Waals surface area (Å²) in [4.78, 5) is 0. The number of aromatic nitrogens is 4. The van der Waals surface area contributed by atoms with Gasteiger partial charge in [-0.1, -0.05) is 19.1 Å². The average Bonchev–Trinajstić information content (AvgIpc) is 2.78. The lowest BCUT2D eigenvalue weighted by Crippen LogP contribution is -2.13. The smallest absolute Gasteiger partial charge is 0.173 e. The third kappa shape index (κ3) is 1.94. The molecule has 2 N–H and O–H groups in total. The van der Waals surface area contributed by atoms with Gasteiger partial charge in [-0.3, -0.25) is 0 Å². The van der Waals surface area contributed by atoms with Crippen LogP contribution in [0.3, 0.4) is 0 Å². The number of aryl methyl sites for hydroxylation is 1. The molecular formula is C11H15N5. The van der Waals surface area contributed by atoms with Crippen LogP contribution in [0.15, 0.2) is 24.3 Å². The first-order chi connectivity index (χ1) is 7.72. The van der Waals surface area contributed by atoms with Crippen LogP contribution >= 0.6 is 0 Å². The van der Waals surface area contributed by atoms with E-state index in [0.717, 1.165) is 12.1 Å². The van der Waals surface area contributed by atoms with Gasteiger partial charge in [-0.2, -0.15) is 4.68 Å². The molecule has 5 heteroatoms. The van der Waals surface area contributed by atoms with Gasteiger partial charge in [0.1, 0.15) is 0 Å². The Morgan fingerprint density at radius 2 is 2.25 bits per heavy atom. The van der Waals surface area contributed by atoms with E-state index in [1.54, 1.807) is 4.68 Å². The van der Waals surface area contributed by atoms with Crippen molar-refractivity contribution in [3.63, 3.8) is 0 Å². The molecule has 0 radical (unpaired) electrons. The minimum atomic E-state index is -0.180. The third-order valence-corrected chi connectivity index (χ3v) is 2.46. The number of nitrogens with two attached hydrogens (primary N) is 1.